The third-order valence-corrected chi connectivity index (χ3v) is 3.87. The Kier molecular flexibility index (Phi) is 4.04. The van der Waals surface area contributed by atoms with Gasteiger partial charge in [0, 0.05) is 30.3 Å². The van der Waals surface area contributed by atoms with Crippen LogP contribution in [0.15, 0.2) is 35.1 Å². The number of rotatable bonds is 3. The molecule has 19 heavy (non-hydrogen) atoms. The Morgan fingerprint density at radius 2 is 2.16 bits per heavy atom. The maximum atomic E-state index is 11.6. The minimum Gasteiger partial charge on any atom is -0.347 e. The SMILES string of the molecule is Cc1c(Br)cccc1-c1cnn(CC(=O)N(C)C)c1. The first-order chi connectivity index (χ1) is 8.99. The smallest absolute Gasteiger partial charge is 0.243 e. The topological polar surface area (TPSA) is 38.1 Å². The molecule has 0 aliphatic carbocycles. The fourth-order valence-electron chi connectivity index (χ4n) is 1.79. The maximum absolute atomic E-state index is 11.6. The first-order valence-corrected chi connectivity index (χ1v) is 6.76. The molecule has 0 spiro atoms. The van der Waals surface area contributed by atoms with Crippen LogP contribution in [-0.2, 0) is 11.3 Å². The Labute approximate surface area is 121 Å². The van der Waals surface area contributed by atoms with Crippen molar-refractivity contribution in [2.45, 2.75) is 13.5 Å². The summed E-state index contributed by atoms with van der Waals surface area (Å²) in [5.74, 6) is 0.0283. The van der Waals surface area contributed by atoms with Crippen LogP contribution in [0.3, 0.4) is 0 Å². The number of benzene rings is 1. The monoisotopic (exact) mass is 321 g/mol. The average molecular weight is 322 g/mol. The van der Waals surface area contributed by atoms with E-state index in [9.17, 15) is 4.79 Å². The second-order valence-corrected chi connectivity index (χ2v) is 5.48. The summed E-state index contributed by atoms with van der Waals surface area (Å²) in [4.78, 5) is 13.2. The quantitative estimate of drug-likeness (QED) is 0.871. The van der Waals surface area contributed by atoms with Crippen LogP contribution in [0.5, 0.6) is 0 Å². The van der Waals surface area contributed by atoms with Gasteiger partial charge in [0.1, 0.15) is 6.54 Å². The van der Waals surface area contributed by atoms with Crippen LogP contribution in [0.4, 0.5) is 0 Å². The zero-order valence-electron chi connectivity index (χ0n) is 11.2. The van der Waals surface area contributed by atoms with Gasteiger partial charge in [-0.15, -0.1) is 0 Å². The number of hydrogen-bond donors (Lipinski definition) is 0. The molecule has 1 aromatic heterocycles. The molecule has 0 atom stereocenters. The van der Waals surface area contributed by atoms with Crippen molar-refractivity contribution in [1.29, 1.82) is 0 Å². The van der Waals surface area contributed by atoms with E-state index in [4.69, 9.17) is 0 Å². The summed E-state index contributed by atoms with van der Waals surface area (Å²) in [6.07, 6.45) is 3.69. The highest BCUT2D eigenvalue weighted by Gasteiger charge is 2.09. The number of nitrogens with zero attached hydrogens (tertiary/aromatic N) is 3. The highest BCUT2D eigenvalue weighted by atomic mass is 79.9. The molecule has 0 bridgehead atoms. The summed E-state index contributed by atoms with van der Waals surface area (Å²) in [6, 6.07) is 6.06. The van der Waals surface area contributed by atoms with Gasteiger partial charge >= 0.3 is 0 Å². The summed E-state index contributed by atoms with van der Waals surface area (Å²) in [6.45, 7) is 2.32. The largest absolute Gasteiger partial charge is 0.347 e. The van der Waals surface area contributed by atoms with Gasteiger partial charge in [0.05, 0.1) is 6.20 Å². The van der Waals surface area contributed by atoms with Crippen molar-refractivity contribution < 1.29 is 4.79 Å². The normalized spacial score (nSPS) is 10.5. The molecule has 0 saturated heterocycles. The highest BCUT2D eigenvalue weighted by Crippen LogP contribution is 2.28. The van der Waals surface area contributed by atoms with E-state index in [0.29, 0.717) is 0 Å². The molecule has 0 N–H and O–H groups in total. The second kappa shape index (κ2) is 5.57. The Morgan fingerprint density at radius 1 is 1.42 bits per heavy atom. The van der Waals surface area contributed by atoms with Crippen molar-refractivity contribution in [2.24, 2.45) is 0 Å². The van der Waals surface area contributed by atoms with Crippen LogP contribution in [0.1, 0.15) is 5.56 Å². The van der Waals surface area contributed by atoms with E-state index in [0.717, 1.165) is 15.6 Å². The number of amides is 1. The number of hydrogen-bond acceptors (Lipinski definition) is 2. The van der Waals surface area contributed by atoms with Gasteiger partial charge < -0.3 is 4.90 Å². The van der Waals surface area contributed by atoms with Gasteiger partial charge in [-0.1, -0.05) is 28.1 Å². The summed E-state index contributed by atoms with van der Waals surface area (Å²) in [5, 5.41) is 4.24. The minimum atomic E-state index is 0.0283. The summed E-state index contributed by atoms with van der Waals surface area (Å²) in [7, 11) is 3.48. The lowest BCUT2D eigenvalue weighted by Gasteiger charge is -2.09. The van der Waals surface area contributed by atoms with Crippen molar-refractivity contribution >= 4 is 21.8 Å². The summed E-state index contributed by atoms with van der Waals surface area (Å²) < 4.78 is 2.74. The lowest BCUT2D eigenvalue weighted by molar-refractivity contribution is -0.129. The van der Waals surface area contributed by atoms with Gasteiger partial charge in [-0.2, -0.15) is 5.10 Å². The standard InChI is InChI=1S/C14H16BrN3O/c1-10-12(5-4-6-13(10)15)11-7-16-18(8-11)9-14(19)17(2)3/h4-8H,9H2,1-3H3. The zero-order chi connectivity index (χ0) is 14.0. The van der Waals surface area contributed by atoms with Gasteiger partial charge in [-0.05, 0) is 24.1 Å². The van der Waals surface area contributed by atoms with E-state index in [1.54, 1.807) is 29.9 Å². The number of halogens is 1. The molecule has 100 valence electrons. The molecule has 4 nitrogen and oxygen atoms in total. The maximum Gasteiger partial charge on any atom is 0.243 e. The van der Waals surface area contributed by atoms with Crippen LogP contribution < -0.4 is 0 Å². The molecule has 1 amide bonds. The van der Waals surface area contributed by atoms with Crippen LogP contribution in [0, 0.1) is 6.92 Å². The van der Waals surface area contributed by atoms with E-state index >= 15 is 0 Å². The molecule has 0 aliphatic rings. The minimum absolute atomic E-state index is 0.0283. The molecular formula is C14H16BrN3O. The molecule has 5 heteroatoms. The first kappa shape index (κ1) is 13.8. The number of carbonyl (C=O) groups excluding carboxylic acids is 1. The summed E-state index contributed by atoms with van der Waals surface area (Å²) >= 11 is 3.52. The molecular weight excluding hydrogens is 306 g/mol. The molecule has 0 fully saturated rings. The third-order valence-electron chi connectivity index (χ3n) is 3.01. The fourth-order valence-corrected chi connectivity index (χ4v) is 2.16. The van der Waals surface area contributed by atoms with E-state index in [1.165, 1.54) is 5.56 Å². The second-order valence-electron chi connectivity index (χ2n) is 4.63. The van der Waals surface area contributed by atoms with Crippen LogP contribution >= 0.6 is 15.9 Å². The average Bonchev–Trinajstić information content (AvgIpc) is 2.81. The predicted octanol–water partition coefficient (Wildman–Crippen LogP) is 2.71. The van der Waals surface area contributed by atoms with E-state index in [1.807, 2.05) is 18.3 Å². The van der Waals surface area contributed by atoms with Crippen molar-refractivity contribution in [3.63, 3.8) is 0 Å². The molecule has 0 unspecified atom stereocenters. The predicted molar refractivity (Wildman–Crippen MR) is 78.8 cm³/mol. The number of likely N-dealkylation sites (N-methyl/N-ethyl adjacent to an activating group) is 1. The Balaban J connectivity index is 2.26. The van der Waals surface area contributed by atoms with Crippen LogP contribution in [0.25, 0.3) is 11.1 Å². The van der Waals surface area contributed by atoms with Gasteiger partial charge in [0.2, 0.25) is 5.91 Å². The summed E-state index contributed by atoms with van der Waals surface area (Å²) in [5.41, 5.74) is 3.31. The van der Waals surface area contributed by atoms with Crippen molar-refractivity contribution in [1.82, 2.24) is 14.7 Å². The van der Waals surface area contributed by atoms with E-state index in [2.05, 4.69) is 34.0 Å². The molecule has 1 heterocycles. The first-order valence-electron chi connectivity index (χ1n) is 5.97. The number of carbonyl (C=O) groups is 1. The molecule has 2 aromatic rings. The van der Waals surface area contributed by atoms with Gasteiger partial charge in [-0.25, -0.2) is 0 Å². The van der Waals surface area contributed by atoms with Crippen LogP contribution in [-0.4, -0.2) is 34.7 Å². The zero-order valence-corrected chi connectivity index (χ0v) is 12.8. The van der Waals surface area contributed by atoms with Crippen molar-refractivity contribution in [2.75, 3.05) is 14.1 Å². The Bertz CT molecular complexity index is 604. The Morgan fingerprint density at radius 3 is 2.84 bits per heavy atom. The lowest BCUT2D eigenvalue weighted by Crippen LogP contribution is -2.26. The molecule has 0 radical (unpaired) electrons. The molecule has 0 aliphatic heterocycles. The van der Waals surface area contributed by atoms with Gasteiger partial charge in [0.25, 0.3) is 0 Å². The van der Waals surface area contributed by atoms with Crippen LogP contribution in [0.2, 0.25) is 0 Å². The molecule has 2 rings (SSSR count). The van der Waals surface area contributed by atoms with Crippen molar-refractivity contribution in [3.8, 4) is 11.1 Å². The van der Waals surface area contributed by atoms with E-state index < -0.39 is 0 Å². The number of aromatic nitrogens is 2. The van der Waals surface area contributed by atoms with Gasteiger partial charge in [-0.3, -0.25) is 9.48 Å². The lowest BCUT2D eigenvalue weighted by atomic mass is 10.0. The molecule has 0 saturated carbocycles. The fraction of sp³-hybridized carbons (Fsp3) is 0.286. The Hall–Kier alpha value is -1.62. The van der Waals surface area contributed by atoms with Gasteiger partial charge in [0.15, 0.2) is 0 Å². The third kappa shape index (κ3) is 3.04. The molecule has 1 aromatic carbocycles. The van der Waals surface area contributed by atoms with E-state index in [-0.39, 0.29) is 12.5 Å². The van der Waals surface area contributed by atoms with Crippen molar-refractivity contribution in [3.05, 3.63) is 40.6 Å². The highest BCUT2D eigenvalue weighted by molar-refractivity contribution is 9.10.